The highest BCUT2D eigenvalue weighted by Gasteiger charge is 2.39. The Hall–Kier alpha value is -2.34. The Morgan fingerprint density at radius 3 is 2.46 bits per heavy atom. The fourth-order valence-electron chi connectivity index (χ4n) is 2.35. The Balaban J connectivity index is 2.42. The van der Waals surface area contributed by atoms with Gasteiger partial charge in [-0.05, 0) is 48.9 Å². The highest BCUT2D eigenvalue weighted by molar-refractivity contribution is 6.31. The lowest BCUT2D eigenvalue weighted by atomic mass is 9.83. The van der Waals surface area contributed by atoms with Crippen LogP contribution in [-0.4, -0.2) is 18.7 Å². The number of alkyl halides is 1. The van der Waals surface area contributed by atoms with Crippen molar-refractivity contribution < 1.29 is 24.4 Å². The fraction of sp³-hybridized carbons (Fsp3) is 0.316. The molecule has 140 valence electrons. The maximum Gasteiger partial charge on any atom is 0.255 e. The zero-order chi connectivity index (χ0) is 20.4. The van der Waals surface area contributed by atoms with Crippen molar-refractivity contribution in [3.8, 4) is 11.5 Å². The predicted molar refractivity (Wildman–Crippen MR) is 95.9 cm³/mol. The maximum absolute atomic E-state index is 14.9. The van der Waals surface area contributed by atoms with Crippen LogP contribution < -0.4 is 15.2 Å². The summed E-state index contributed by atoms with van der Waals surface area (Å²) in [6.45, 7) is 1.86. The number of benzene rings is 2. The SMILES string of the molecule is [2H][C@](C)(c1cc(F)cc(Cl)c1COc1ccc(OC)cc1)C(C)(F)C(N)=O. The number of nitrogens with two attached hydrogens (primary N) is 1. The summed E-state index contributed by atoms with van der Waals surface area (Å²) in [5, 5.41) is -0.0442. The van der Waals surface area contributed by atoms with Gasteiger partial charge in [-0.1, -0.05) is 18.5 Å². The van der Waals surface area contributed by atoms with Crippen molar-refractivity contribution in [2.24, 2.45) is 5.73 Å². The van der Waals surface area contributed by atoms with E-state index in [1.54, 1.807) is 24.3 Å². The molecule has 26 heavy (non-hydrogen) atoms. The number of methoxy groups -OCH3 is 1. The third kappa shape index (κ3) is 4.25. The molecule has 4 nitrogen and oxygen atoms in total. The Labute approximate surface area is 157 Å². The molecule has 2 N–H and O–H groups in total. The minimum absolute atomic E-state index is 0.0442. The molecule has 2 atom stereocenters. The lowest BCUT2D eigenvalue weighted by molar-refractivity contribution is -0.129. The largest absolute Gasteiger partial charge is 0.497 e. The van der Waals surface area contributed by atoms with Crippen LogP contribution in [0.1, 0.15) is 32.2 Å². The van der Waals surface area contributed by atoms with Crippen LogP contribution in [-0.2, 0) is 11.4 Å². The summed E-state index contributed by atoms with van der Waals surface area (Å²) in [5.41, 5.74) is 2.41. The second kappa shape index (κ2) is 7.91. The van der Waals surface area contributed by atoms with Gasteiger partial charge in [0.15, 0.2) is 5.67 Å². The number of halogens is 3. The summed E-state index contributed by atoms with van der Waals surface area (Å²) in [5.74, 6) is -3.18. The smallest absolute Gasteiger partial charge is 0.255 e. The van der Waals surface area contributed by atoms with E-state index >= 15 is 0 Å². The van der Waals surface area contributed by atoms with Crippen LogP contribution in [0.5, 0.6) is 11.5 Å². The Morgan fingerprint density at radius 2 is 1.92 bits per heavy atom. The van der Waals surface area contributed by atoms with E-state index in [1.807, 2.05) is 0 Å². The molecule has 0 aliphatic carbocycles. The number of rotatable bonds is 7. The van der Waals surface area contributed by atoms with Crippen molar-refractivity contribution in [1.29, 1.82) is 0 Å². The van der Waals surface area contributed by atoms with Crippen LogP contribution in [0.25, 0.3) is 0 Å². The lowest BCUT2D eigenvalue weighted by Crippen LogP contribution is -2.41. The van der Waals surface area contributed by atoms with Crippen LogP contribution in [0.4, 0.5) is 8.78 Å². The molecule has 0 aliphatic rings. The average molecular weight is 385 g/mol. The quantitative estimate of drug-likeness (QED) is 0.770. The van der Waals surface area contributed by atoms with Gasteiger partial charge in [0.1, 0.15) is 23.9 Å². The van der Waals surface area contributed by atoms with Crippen molar-refractivity contribution in [3.05, 3.63) is 58.4 Å². The molecule has 0 fully saturated rings. The number of primary amides is 1. The van der Waals surface area contributed by atoms with Gasteiger partial charge in [-0.15, -0.1) is 0 Å². The predicted octanol–water partition coefficient (Wildman–Crippen LogP) is 4.38. The molecule has 0 radical (unpaired) electrons. The molecular formula is C19H20ClF2NO3. The second-order valence-electron chi connectivity index (χ2n) is 5.87. The molecule has 1 unspecified atom stereocenters. The van der Waals surface area contributed by atoms with E-state index in [2.05, 4.69) is 0 Å². The molecule has 0 aromatic heterocycles. The van der Waals surface area contributed by atoms with Crippen LogP contribution in [0.2, 0.25) is 5.02 Å². The minimum atomic E-state index is -2.76. The number of amides is 1. The first-order valence-corrected chi connectivity index (χ1v) is 8.12. The van der Waals surface area contributed by atoms with E-state index in [-0.39, 0.29) is 22.8 Å². The first-order valence-electron chi connectivity index (χ1n) is 8.24. The fourth-order valence-corrected chi connectivity index (χ4v) is 2.61. The van der Waals surface area contributed by atoms with Gasteiger partial charge >= 0.3 is 0 Å². The third-order valence-corrected chi connectivity index (χ3v) is 4.51. The molecule has 2 aromatic carbocycles. The molecule has 0 bridgehead atoms. The standard InChI is InChI=1S/C19H20ClF2NO3/c1-11(19(2,22)18(23)24)15-8-12(21)9-17(20)16(15)10-26-14-6-4-13(25-3)5-7-14/h4-9,11H,10H2,1-3H3,(H2,23,24)/t11-,19?/m0/s1/i11D. The van der Waals surface area contributed by atoms with E-state index in [1.165, 1.54) is 7.11 Å². The molecule has 0 saturated carbocycles. The van der Waals surface area contributed by atoms with Crippen molar-refractivity contribution >= 4 is 17.5 Å². The average Bonchev–Trinajstić information content (AvgIpc) is 2.60. The van der Waals surface area contributed by atoms with Gasteiger partial charge in [-0.3, -0.25) is 4.79 Å². The molecule has 2 rings (SSSR count). The third-order valence-electron chi connectivity index (χ3n) is 4.17. The van der Waals surface area contributed by atoms with Gasteiger partial charge in [0.05, 0.1) is 12.1 Å². The first kappa shape index (κ1) is 18.5. The Morgan fingerprint density at radius 1 is 1.35 bits per heavy atom. The molecule has 0 heterocycles. The van der Waals surface area contributed by atoms with Crippen LogP contribution in [0.15, 0.2) is 36.4 Å². The summed E-state index contributed by atoms with van der Waals surface area (Å²) in [7, 11) is 1.53. The van der Waals surface area contributed by atoms with E-state index in [0.717, 1.165) is 26.0 Å². The highest BCUT2D eigenvalue weighted by atomic mass is 35.5. The van der Waals surface area contributed by atoms with Crippen molar-refractivity contribution in [1.82, 2.24) is 0 Å². The monoisotopic (exact) mass is 384 g/mol. The van der Waals surface area contributed by atoms with E-state index in [4.69, 9.17) is 28.2 Å². The van der Waals surface area contributed by atoms with Gasteiger partial charge in [0.2, 0.25) is 0 Å². The lowest BCUT2D eigenvalue weighted by Gasteiger charge is -2.27. The maximum atomic E-state index is 14.9. The van der Waals surface area contributed by atoms with Gasteiger partial charge in [-0.25, -0.2) is 8.78 Å². The van der Waals surface area contributed by atoms with E-state index < -0.39 is 23.3 Å². The van der Waals surface area contributed by atoms with Crippen LogP contribution in [0, 0.1) is 5.82 Å². The summed E-state index contributed by atoms with van der Waals surface area (Å²) >= 11 is 6.12. The topological polar surface area (TPSA) is 61.6 Å². The summed E-state index contributed by atoms with van der Waals surface area (Å²) in [6, 6.07) is 8.67. The molecular weight excluding hydrogens is 364 g/mol. The zero-order valence-electron chi connectivity index (χ0n) is 15.6. The van der Waals surface area contributed by atoms with Crippen molar-refractivity contribution in [2.75, 3.05) is 7.11 Å². The van der Waals surface area contributed by atoms with Crippen molar-refractivity contribution in [2.45, 2.75) is 32.0 Å². The summed E-state index contributed by atoms with van der Waals surface area (Å²) < 4.78 is 47.9. The Bertz CT molecular complexity index is 842. The van der Waals surface area contributed by atoms with Gasteiger partial charge in [0, 0.05) is 12.8 Å². The van der Waals surface area contributed by atoms with E-state index in [9.17, 15) is 13.6 Å². The summed E-state index contributed by atoms with van der Waals surface area (Å²) in [4.78, 5) is 11.5. The number of hydrogen-bond acceptors (Lipinski definition) is 3. The van der Waals surface area contributed by atoms with Gasteiger partial charge in [-0.2, -0.15) is 0 Å². The van der Waals surface area contributed by atoms with Gasteiger partial charge in [0.25, 0.3) is 5.91 Å². The van der Waals surface area contributed by atoms with Crippen LogP contribution >= 0.6 is 11.6 Å². The number of carbonyl (C=O) groups is 1. The van der Waals surface area contributed by atoms with Crippen LogP contribution in [0.3, 0.4) is 0 Å². The number of ether oxygens (including phenoxy) is 2. The first-order chi connectivity index (χ1) is 12.5. The molecule has 0 aliphatic heterocycles. The second-order valence-corrected chi connectivity index (χ2v) is 6.28. The number of hydrogen-bond donors (Lipinski definition) is 1. The highest BCUT2D eigenvalue weighted by Crippen LogP contribution is 2.37. The molecule has 1 amide bonds. The zero-order valence-corrected chi connectivity index (χ0v) is 15.4. The Kier molecular flexibility index (Phi) is 5.61. The molecule has 7 heteroatoms. The van der Waals surface area contributed by atoms with Gasteiger partial charge < -0.3 is 15.2 Å². The minimum Gasteiger partial charge on any atom is -0.497 e. The van der Waals surface area contributed by atoms with E-state index in [0.29, 0.717) is 11.5 Å². The molecule has 0 spiro atoms. The molecule has 0 saturated heterocycles. The van der Waals surface area contributed by atoms with Crippen molar-refractivity contribution in [3.63, 3.8) is 0 Å². The number of carbonyl (C=O) groups excluding carboxylic acids is 1. The summed E-state index contributed by atoms with van der Waals surface area (Å²) in [6.07, 6.45) is 0. The molecule has 2 aromatic rings. The normalized spacial score (nSPS) is 16.2.